The summed E-state index contributed by atoms with van der Waals surface area (Å²) in [5, 5.41) is 4.47. The standard InChI is InChI=1S/C28H29FN6O2/c1-17-13-31-23(14-30-17)26-25(28(37)34-15-18(12-29)16-34)27-32-22(11-24(36)35(27)33-26)21-9-7-20(8-10-21)19-5-3-2-4-6-19/h7-11,13-14,18-19,32H,2-6,12,15-16H2,1H3. The van der Waals surface area contributed by atoms with Gasteiger partial charge in [0.15, 0.2) is 5.65 Å². The van der Waals surface area contributed by atoms with Crippen molar-refractivity contribution in [3.05, 3.63) is 69.9 Å². The summed E-state index contributed by atoms with van der Waals surface area (Å²) in [4.78, 5) is 40.3. The Kier molecular flexibility index (Phi) is 6.06. The fourth-order valence-electron chi connectivity index (χ4n) is 5.46. The number of fused-ring (bicyclic) bond motifs is 1. The molecule has 0 spiro atoms. The van der Waals surface area contributed by atoms with Crippen molar-refractivity contribution in [3.63, 3.8) is 0 Å². The number of aryl methyl sites for hydroxylation is 1. The van der Waals surface area contributed by atoms with E-state index in [1.165, 1.54) is 48.2 Å². The predicted octanol–water partition coefficient (Wildman–Crippen LogP) is 4.54. The Bertz CT molecular complexity index is 1500. The molecule has 1 aliphatic carbocycles. The maximum atomic E-state index is 13.6. The van der Waals surface area contributed by atoms with Crippen LogP contribution in [-0.4, -0.2) is 55.1 Å². The van der Waals surface area contributed by atoms with Crippen molar-refractivity contribution in [2.45, 2.75) is 44.9 Å². The molecule has 1 aliphatic heterocycles. The Morgan fingerprint density at radius 3 is 2.51 bits per heavy atom. The van der Waals surface area contributed by atoms with Crippen LogP contribution in [0.25, 0.3) is 28.3 Å². The first-order valence-corrected chi connectivity index (χ1v) is 12.9. The first kappa shape index (κ1) is 23.5. The maximum absolute atomic E-state index is 13.6. The highest BCUT2D eigenvalue weighted by Crippen LogP contribution is 2.34. The molecular weight excluding hydrogens is 471 g/mol. The second-order valence-electron chi connectivity index (χ2n) is 10.2. The van der Waals surface area contributed by atoms with Gasteiger partial charge in [-0.2, -0.15) is 9.61 Å². The van der Waals surface area contributed by atoms with E-state index >= 15 is 0 Å². The summed E-state index contributed by atoms with van der Waals surface area (Å²) < 4.78 is 14.3. The lowest BCUT2D eigenvalue weighted by molar-refractivity contribution is 0.0455. The average Bonchev–Trinajstić information content (AvgIpc) is 3.29. The molecule has 0 bridgehead atoms. The highest BCUT2D eigenvalue weighted by Gasteiger charge is 2.35. The number of rotatable bonds is 5. The van der Waals surface area contributed by atoms with Crippen LogP contribution in [0.5, 0.6) is 0 Å². The molecule has 0 radical (unpaired) electrons. The number of H-pyrrole nitrogens is 1. The number of alkyl halides is 1. The van der Waals surface area contributed by atoms with Crippen molar-refractivity contribution in [1.29, 1.82) is 0 Å². The SMILES string of the molecule is Cc1cnc(-c2nn3c(=O)cc(-c4ccc(C5CCCCC5)cc4)[nH]c3c2C(=O)N2CC(CF)C2)cn1. The molecule has 1 amide bonds. The number of likely N-dealkylation sites (tertiary alicyclic amines) is 1. The summed E-state index contributed by atoms with van der Waals surface area (Å²) in [7, 11) is 0. The Morgan fingerprint density at radius 2 is 1.84 bits per heavy atom. The van der Waals surface area contributed by atoms with Gasteiger partial charge in [-0.3, -0.25) is 23.9 Å². The molecule has 6 rings (SSSR count). The fourth-order valence-corrected chi connectivity index (χ4v) is 5.46. The molecule has 0 unspecified atom stereocenters. The van der Waals surface area contributed by atoms with E-state index in [1.54, 1.807) is 17.3 Å². The molecule has 1 N–H and O–H groups in total. The molecular formula is C28H29FN6O2. The number of halogens is 1. The van der Waals surface area contributed by atoms with Gasteiger partial charge in [0.05, 0.1) is 24.3 Å². The zero-order chi connectivity index (χ0) is 25.5. The lowest BCUT2D eigenvalue weighted by atomic mass is 9.84. The lowest BCUT2D eigenvalue weighted by Crippen LogP contribution is -2.50. The number of carbonyl (C=O) groups excluding carboxylic acids is 1. The van der Waals surface area contributed by atoms with Crippen molar-refractivity contribution in [2.75, 3.05) is 19.8 Å². The third-order valence-corrected chi connectivity index (χ3v) is 7.61. The minimum absolute atomic E-state index is 0.161. The highest BCUT2D eigenvalue weighted by molar-refractivity contribution is 6.05. The molecule has 1 saturated heterocycles. The number of aromatic amines is 1. The van der Waals surface area contributed by atoms with Gasteiger partial charge in [0.2, 0.25) is 0 Å². The molecule has 4 heterocycles. The predicted molar refractivity (Wildman–Crippen MR) is 138 cm³/mol. The highest BCUT2D eigenvalue weighted by atomic mass is 19.1. The molecule has 3 aromatic heterocycles. The number of amides is 1. The third-order valence-electron chi connectivity index (χ3n) is 7.61. The number of benzene rings is 1. The van der Waals surface area contributed by atoms with Crippen molar-refractivity contribution < 1.29 is 9.18 Å². The Hall–Kier alpha value is -3.88. The molecule has 9 heteroatoms. The van der Waals surface area contributed by atoms with Gasteiger partial charge in [0.1, 0.15) is 17.0 Å². The Labute approximate surface area is 213 Å². The second-order valence-corrected chi connectivity index (χ2v) is 10.2. The Morgan fingerprint density at radius 1 is 1.08 bits per heavy atom. The van der Waals surface area contributed by atoms with Gasteiger partial charge in [0.25, 0.3) is 11.5 Å². The summed E-state index contributed by atoms with van der Waals surface area (Å²) in [6, 6.07) is 9.83. The minimum Gasteiger partial charge on any atom is -0.339 e. The maximum Gasteiger partial charge on any atom is 0.274 e. The van der Waals surface area contributed by atoms with Crippen LogP contribution < -0.4 is 5.56 Å². The van der Waals surface area contributed by atoms with Gasteiger partial charge < -0.3 is 9.88 Å². The molecule has 0 atom stereocenters. The van der Waals surface area contributed by atoms with E-state index in [1.807, 2.05) is 19.1 Å². The summed E-state index contributed by atoms with van der Waals surface area (Å²) in [6.07, 6.45) is 9.42. The lowest BCUT2D eigenvalue weighted by Gasteiger charge is -2.37. The summed E-state index contributed by atoms with van der Waals surface area (Å²) in [5.74, 6) is 0.120. The van der Waals surface area contributed by atoms with Crippen LogP contribution in [0, 0.1) is 12.8 Å². The fraction of sp³-hybridized carbons (Fsp3) is 0.393. The van der Waals surface area contributed by atoms with Crippen LogP contribution in [0.4, 0.5) is 4.39 Å². The Balaban J connectivity index is 1.44. The quantitative estimate of drug-likeness (QED) is 0.434. The van der Waals surface area contributed by atoms with Crippen LogP contribution in [-0.2, 0) is 0 Å². The topological polar surface area (TPSA) is 96.2 Å². The van der Waals surface area contributed by atoms with Crippen LogP contribution >= 0.6 is 0 Å². The average molecular weight is 501 g/mol. The summed E-state index contributed by atoms with van der Waals surface area (Å²) in [6.45, 7) is 2.02. The minimum atomic E-state index is -0.466. The zero-order valence-corrected chi connectivity index (χ0v) is 20.8. The zero-order valence-electron chi connectivity index (χ0n) is 20.8. The molecule has 2 aliphatic rings. The normalized spacial score (nSPS) is 16.8. The van der Waals surface area contributed by atoms with Gasteiger partial charge in [-0.25, -0.2) is 0 Å². The van der Waals surface area contributed by atoms with Crippen LogP contribution in [0.1, 0.15) is 59.6 Å². The van der Waals surface area contributed by atoms with E-state index in [0.717, 1.165) is 11.3 Å². The molecule has 37 heavy (non-hydrogen) atoms. The third kappa shape index (κ3) is 4.32. The largest absolute Gasteiger partial charge is 0.339 e. The number of hydrogen-bond acceptors (Lipinski definition) is 5. The van der Waals surface area contributed by atoms with Gasteiger partial charge in [-0.1, -0.05) is 43.5 Å². The molecule has 190 valence electrons. The molecule has 8 nitrogen and oxygen atoms in total. The monoisotopic (exact) mass is 500 g/mol. The molecule has 4 aromatic rings. The first-order chi connectivity index (χ1) is 18.0. The molecule has 1 aromatic carbocycles. The number of nitrogens with zero attached hydrogens (tertiary/aromatic N) is 5. The van der Waals surface area contributed by atoms with Gasteiger partial charge in [0, 0.05) is 31.3 Å². The van der Waals surface area contributed by atoms with E-state index in [9.17, 15) is 14.0 Å². The van der Waals surface area contributed by atoms with Gasteiger partial charge in [-0.05, 0) is 36.8 Å². The summed E-state index contributed by atoms with van der Waals surface area (Å²) >= 11 is 0. The van der Waals surface area contributed by atoms with E-state index in [2.05, 4.69) is 32.2 Å². The number of hydrogen-bond donors (Lipinski definition) is 1. The number of carbonyl (C=O) groups is 1. The second kappa shape index (κ2) is 9.53. The van der Waals surface area contributed by atoms with Crippen LogP contribution in [0.2, 0.25) is 0 Å². The van der Waals surface area contributed by atoms with Crippen LogP contribution in [0.3, 0.4) is 0 Å². The molecule has 1 saturated carbocycles. The first-order valence-electron chi connectivity index (χ1n) is 12.9. The van der Waals surface area contributed by atoms with Crippen molar-refractivity contribution in [2.24, 2.45) is 5.92 Å². The summed E-state index contributed by atoms with van der Waals surface area (Å²) in [5.41, 5.74) is 4.37. The van der Waals surface area contributed by atoms with E-state index in [-0.39, 0.29) is 28.6 Å². The van der Waals surface area contributed by atoms with Crippen molar-refractivity contribution in [1.82, 2.24) is 29.5 Å². The van der Waals surface area contributed by atoms with Crippen molar-refractivity contribution in [3.8, 4) is 22.6 Å². The van der Waals surface area contributed by atoms with Crippen molar-refractivity contribution >= 4 is 11.6 Å². The smallest absolute Gasteiger partial charge is 0.274 e. The van der Waals surface area contributed by atoms with E-state index < -0.39 is 6.67 Å². The van der Waals surface area contributed by atoms with Gasteiger partial charge >= 0.3 is 0 Å². The van der Waals surface area contributed by atoms with Gasteiger partial charge in [-0.15, -0.1) is 0 Å². The number of aromatic nitrogens is 5. The van der Waals surface area contributed by atoms with Crippen LogP contribution in [0.15, 0.2) is 47.5 Å². The number of nitrogens with one attached hydrogen (secondary N) is 1. The van der Waals surface area contributed by atoms with E-state index in [4.69, 9.17) is 0 Å². The molecule has 2 fully saturated rings. The van der Waals surface area contributed by atoms with E-state index in [0.29, 0.717) is 36.0 Å².